The molecule has 0 heteroatoms. The summed E-state index contributed by atoms with van der Waals surface area (Å²) in [6.45, 7) is 9.68. The second kappa shape index (κ2) is 4.68. The van der Waals surface area contributed by atoms with Gasteiger partial charge >= 0.3 is 0 Å². The van der Waals surface area contributed by atoms with Gasteiger partial charge in [0.2, 0.25) is 0 Å². The predicted molar refractivity (Wildman–Crippen MR) is 64.5 cm³/mol. The molecule has 0 atom stereocenters. The fourth-order valence-electron chi connectivity index (χ4n) is 3.12. The minimum Gasteiger partial charge on any atom is -0.0654 e. The van der Waals surface area contributed by atoms with Crippen LogP contribution in [0.1, 0.15) is 79.1 Å². The maximum Gasteiger partial charge on any atom is -0.0249 e. The number of rotatable bonds is 3. The minimum atomic E-state index is 0.516. The molecule has 0 nitrogen and oxygen atoms in total. The molecule has 0 aromatic rings. The van der Waals surface area contributed by atoms with Crippen molar-refractivity contribution >= 4 is 0 Å². The first-order chi connectivity index (χ1) is 6.52. The van der Waals surface area contributed by atoms with E-state index in [1.807, 2.05) is 0 Å². The fourth-order valence-corrected chi connectivity index (χ4v) is 3.12. The van der Waals surface area contributed by atoms with E-state index >= 15 is 0 Å². The molecular weight excluding hydrogens is 168 g/mol. The second-order valence-corrected chi connectivity index (χ2v) is 6.19. The van der Waals surface area contributed by atoms with Gasteiger partial charge in [0, 0.05) is 0 Å². The molecule has 1 fully saturated rings. The Bertz CT molecular complexity index is 155. The molecule has 0 bridgehead atoms. The van der Waals surface area contributed by atoms with E-state index in [2.05, 4.69) is 27.7 Å². The largest absolute Gasteiger partial charge is 0.0654 e. The highest BCUT2D eigenvalue weighted by atomic mass is 14.5. The number of hydrogen-bond donors (Lipinski definition) is 0. The Hall–Kier alpha value is 0. The summed E-state index contributed by atoms with van der Waals surface area (Å²) in [5.41, 5.74) is 1.18. The molecule has 0 N–H and O–H groups in total. The molecule has 0 aromatic carbocycles. The Morgan fingerprint density at radius 1 is 1.00 bits per heavy atom. The monoisotopic (exact) mass is 196 g/mol. The van der Waals surface area contributed by atoms with Crippen molar-refractivity contribution in [3.8, 4) is 0 Å². The number of unbranched alkanes of at least 4 members (excludes halogenated alkanes) is 1. The van der Waals surface area contributed by atoms with Gasteiger partial charge < -0.3 is 0 Å². The minimum absolute atomic E-state index is 0.516. The first-order valence-electron chi connectivity index (χ1n) is 6.52. The zero-order valence-electron chi connectivity index (χ0n) is 10.7. The molecule has 0 spiro atoms. The highest BCUT2D eigenvalue weighted by Crippen LogP contribution is 2.52. The predicted octanol–water partition coefficient (Wildman–Crippen LogP) is 5.17. The van der Waals surface area contributed by atoms with Crippen molar-refractivity contribution in [2.24, 2.45) is 10.8 Å². The molecule has 1 rings (SSSR count). The topological polar surface area (TPSA) is 0 Å². The van der Waals surface area contributed by atoms with Gasteiger partial charge in [0.1, 0.15) is 0 Å². The molecule has 0 radical (unpaired) electrons. The van der Waals surface area contributed by atoms with Crippen LogP contribution in [0.3, 0.4) is 0 Å². The van der Waals surface area contributed by atoms with E-state index in [-0.39, 0.29) is 0 Å². The zero-order valence-corrected chi connectivity index (χ0v) is 10.7. The Kier molecular flexibility index (Phi) is 4.04. The van der Waals surface area contributed by atoms with E-state index in [1.165, 1.54) is 51.4 Å². The highest BCUT2D eigenvalue weighted by molar-refractivity contribution is 4.92. The third-order valence-electron chi connectivity index (χ3n) is 4.41. The molecule has 1 aliphatic carbocycles. The van der Waals surface area contributed by atoms with Crippen molar-refractivity contribution in [1.82, 2.24) is 0 Å². The van der Waals surface area contributed by atoms with Crippen molar-refractivity contribution in [3.05, 3.63) is 0 Å². The molecule has 84 valence electrons. The quantitative estimate of drug-likeness (QED) is 0.584. The molecule has 0 aliphatic heterocycles. The summed E-state index contributed by atoms with van der Waals surface area (Å²) >= 11 is 0. The standard InChI is InChI=1S/C14H28/c1-5-6-10-14(13(2,3)4)11-8-7-9-12-14/h5-12H2,1-4H3. The van der Waals surface area contributed by atoms with Gasteiger partial charge in [0.15, 0.2) is 0 Å². The van der Waals surface area contributed by atoms with Crippen LogP contribution in [0.2, 0.25) is 0 Å². The van der Waals surface area contributed by atoms with Gasteiger partial charge in [-0.2, -0.15) is 0 Å². The van der Waals surface area contributed by atoms with Gasteiger partial charge in [0.25, 0.3) is 0 Å². The summed E-state index contributed by atoms with van der Waals surface area (Å²) in [6, 6.07) is 0. The third-order valence-corrected chi connectivity index (χ3v) is 4.41. The maximum absolute atomic E-state index is 2.45. The first kappa shape index (κ1) is 12.1. The highest BCUT2D eigenvalue weighted by Gasteiger charge is 2.41. The number of hydrogen-bond acceptors (Lipinski definition) is 0. The average molecular weight is 196 g/mol. The lowest BCUT2D eigenvalue weighted by Crippen LogP contribution is -2.37. The van der Waals surface area contributed by atoms with E-state index < -0.39 is 0 Å². The van der Waals surface area contributed by atoms with E-state index in [9.17, 15) is 0 Å². The normalized spacial score (nSPS) is 22.3. The van der Waals surface area contributed by atoms with Crippen LogP contribution in [0.25, 0.3) is 0 Å². The van der Waals surface area contributed by atoms with Crippen molar-refractivity contribution in [2.45, 2.75) is 79.1 Å². The lowest BCUT2D eigenvalue weighted by molar-refractivity contribution is 0.0274. The zero-order chi connectivity index (χ0) is 10.7. The lowest BCUT2D eigenvalue weighted by Gasteiger charge is -2.48. The second-order valence-electron chi connectivity index (χ2n) is 6.19. The van der Waals surface area contributed by atoms with Crippen LogP contribution in [-0.2, 0) is 0 Å². The van der Waals surface area contributed by atoms with Gasteiger partial charge in [-0.05, 0) is 30.1 Å². The Morgan fingerprint density at radius 2 is 1.57 bits per heavy atom. The van der Waals surface area contributed by atoms with Crippen LogP contribution in [0.5, 0.6) is 0 Å². The molecule has 0 aromatic heterocycles. The first-order valence-corrected chi connectivity index (χ1v) is 6.52. The SMILES string of the molecule is CCCCC1(C(C)(C)C)CCCCC1. The maximum atomic E-state index is 2.45. The molecule has 14 heavy (non-hydrogen) atoms. The van der Waals surface area contributed by atoms with Crippen LogP contribution in [0, 0.1) is 10.8 Å². The van der Waals surface area contributed by atoms with Crippen LogP contribution in [0.15, 0.2) is 0 Å². The molecular formula is C14H28. The molecule has 1 aliphatic rings. The van der Waals surface area contributed by atoms with E-state index in [0.717, 1.165) is 0 Å². The van der Waals surface area contributed by atoms with Crippen molar-refractivity contribution in [2.75, 3.05) is 0 Å². The summed E-state index contributed by atoms with van der Waals surface area (Å²) in [6.07, 6.45) is 11.6. The molecule has 0 saturated heterocycles. The average Bonchev–Trinajstić information content (AvgIpc) is 2.14. The van der Waals surface area contributed by atoms with E-state index in [0.29, 0.717) is 10.8 Å². The lowest BCUT2D eigenvalue weighted by atomic mass is 9.57. The van der Waals surface area contributed by atoms with Crippen LogP contribution >= 0.6 is 0 Å². The van der Waals surface area contributed by atoms with Crippen LogP contribution in [-0.4, -0.2) is 0 Å². The van der Waals surface area contributed by atoms with Gasteiger partial charge in [-0.15, -0.1) is 0 Å². The summed E-state index contributed by atoms with van der Waals surface area (Å²) in [5, 5.41) is 0. The fraction of sp³-hybridized carbons (Fsp3) is 1.00. The molecule has 1 saturated carbocycles. The smallest absolute Gasteiger partial charge is 0.0249 e. The Balaban J connectivity index is 2.67. The van der Waals surface area contributed by atoms with Crippen molar-refractivity contribution < 1.29 is 0 Å². The summed E-state index contributed by atoms with van der Waals surface area (Å²) in [5.74, 6) is 0. The van der Waals surface area contributed by atoms with E-state index in [1.54, 1.807) is 0 Å². The van der Waals surface area contributed by atoms with Crippen LogP contribution in [0.4, 0.5) is 0 Å². The van der Waals surface area contributed by atoms with Gasteiger partial charge in [0.05, 0.1) is 0 Å². The Morgan fingerprint density at radius 3 is 2.00 bits per heavy atom. The van der Waals surface area contributed by atoms with E-state index in [4.69, 9.17) is 0 Å². The van der Waals surface area contributed by atoms with Crippen molar-refractivity contribution in [3.63, 3.8) is 0 Å². The third kappa shape index (κ3) is 2.52. The summed E-state index contributed by atoms with van der Waals surface area (Å²) < 4.78 is 0. The van der Waals surface area contributed by atoms with Gasteiger partial charge in [-0.3, -0.25) is 0 Å². The Labute approximate surface area is 90.5 Å². The molecule has 0 unspecified atom stereocenters. The summed E-state index contributed by atoms with van der Waals surface area (Å²) in [7, 11) is 0. The molecule has 0 amide bonds. The molecule has 0 heterocycles. The summed E-state index contributed by atoms with van der Waals surface area (Å²) in [4.78, 5) is 0. The van der Waals surface area contributed by atoms with Crippen LogP contribution < -0.4 is 0 Å². The van der Waals surface area contributed by atoms with Crippen molar-refractivity contribution in [1.29, 1.82) is 0 Å². The van der Waals surface area contributed by atoms with Gasteiger partial charge in [-0.25, -0.2) is 0 Å². The van der Waals surface area contributed by atoms with Gasteiger partial charge in [-0.1, -0.05) is 59.8 Å².